The van der Waals surface area contributed by atoms with E-state index in [9.17, 15) is 0 Å². The molecule has 0 amide bonds. The van der Waals surface area contributed by atoms with Crippen LogP contribution in [0.2, 0.25) is 0 Å². The number of rotatable bonds is 4. The Morgan fingerprint density at radius 1 is 1.39 bits per heavy atom. The fourth-order valence-electron chi connectivity index (χ4n) is 3.35. The molecule has 0 saturated carbocycles. The molecule has 0 aliphatic carbocycles. The topological polar surface area (TPSA) is 50.3 Å². The van der Waals surface area contributed by atoms with E-state index in [1.54, 1.807) is 0 Å². The first-order chi connectivity index (χ1) is 11.4. The summed E-state index contributed by atoms with van der Waals surface area (Å²) in [4.78, 5) is 12.7. The van der Waals surface area contributed by atoms with Crippen LogP contribution in [0, 0.1) is 0 Å². The van der Waals surface area contributed by atoms with Crippen LogP contribution in [0.25, 0.3) is 0 Å². The Hall–Kier alpha value is -1.34. The number of nitrogens with one attached hydrogen (secondary N) is 1. The molecule has 0 bridgehead atoms. The second kappa shape index (κ2) is 7.05. The maximum atomic E-state index is 5.75. The van der Waals surface area contributed by atoms with E-state index >= 15 is 0 Å². The minimum absolute atomic E-state index is 0.228. The molecule has 4 heterocycles. The normalized spacial score (nSPS) is 25.7. The Labute approximate surface area is 140 Å². The smallest absolute Gasteiger partial charge is 0.122 e. The predicted octanol–water partition coefficient (Wildman–Crippen LogP) is 2.54. The van der Waals surface area contributed by atoms with Gasteiger partial charge in [0, 0.05) is 62.3 Å². The molecule has 5 nitrogen and oxygen atoms in total. The van der Waals surface area contributed by atoms with E-state index in [-0.39, 0.29) is 6.10 Å². The number of pyridine rings is 1. The van der Waals surface area contributed by atoms with Gasteiger partial charge in [-0.05, 0) is 24.5 Å². The number of hydrogen-bond acceptors (Lipinski definition) is 6. The van der Waals surface area contributed by atoms with Gasteiger partial charge in [0.1, 0.15) is 11.1 Å². The Morgan fingerprint density at radius 3 is 3.22 bits per heavy atom. The zero-order valence-electron chi connectivity index (χ0n) is 13.1. The molecule has 2 aliphatic rings. The summed E-state index contributed by atoms with van der Waals surface area (Å²) in [5.74, 6) is 0. The van der Waals surface area contributed by atoms with Crippen molar-refractivity contribution in [1.29, 1.82) is 0 Å². The number of thiazole rings is 1. The van der Waals surface area contributed by atoms with Crippen molar-refractivity contribution in [3.8, 4) is 0 Å². The molecule has 2 aliphatic heterocycles. The Kier molecular flexibility index (Phi) is 4.66. The van der Waals surface area contributed by atoms with Crippen LogP contribution >= 0.6 is 11.3 Å². The minimum atomic E-state index is 0.228. The molecule has 2 saturated heterocycles. The first-order valence-electron chi connectivity index (χ1n) is 8.31. The molecule has 0 spiro atoms. The van der Waals surface area contributed by atoms with Crippen molar-refractivity contribution >= 4 is 11.3 Å². The third kappa shape index (κ3) is 3.45. The van der Waals surface area contributed by atoms with E-state index in [1.165, 1.54) is 10.4 Å². The average molecular weight is 330 g/mol. The number of nitrogens with zero attached hydrogens (tertiary/aromatic N) is 3. The van der Waals surface area contributed by atoms with E-state index < -0.39 is 0 Å². The quantitative estimate of drug-likeness (QED) is 0.933. The molecule has 2 aromatic rings. The molecule has 0 radical (unpaired) electrons. The molecule has 23 heavy (non-hydrogen) atoms. The minimum Gasteiger partial charge on any atom is -0.371 e. The number of ether oxygens (including phenoxy) is 1. The van der Waals surface area contributed by atoms with E-state index in [1.807, 2.05) is 36.0 Å². The molecule has 6 heteroatoms. The third-order valence-electron chi connectivity index (χ3n) is 4.56. The average Bonchev–Trinajstić information content (AvgIpc) is 3.27. The van der Waals surface area contributed by atoms with Crippen molar-refractivity contribution in [1.82, 2.24) is 20.2 Å². The third-order valence-corrected chi connectivity index (χ3v) is 5.63. The van der Waals surface area contributed by atoms with Gasteiger partial charge in [0.05, 0.1) is 0 Å². The zero-order valence-corrected chi connectivity index (χ0v) is 14.0. The molecule has 2 unspecified atom stereocenters. The van der Waals surface area contributed by atoms with Crippen molar-refractivity contribution in [2.45, 2.75) is 31.5 Å². The fraction of sp³-hybridized carbons (Fsp3) is 0.529. The van der Waals surface area contributed by atoms with Crippen LogP contribution in [-0.2, 0) is 11.3 Å². The van der Waals surface area contributed by atoms with Gasteiger partial charge in [-0.25, -0.2) is 4.98 Å². The van der Waals surface area contributed by atoms with Gasteiger partial charge < -0.3 is 10.1 Å². The highest BCUT2D eigenvalue weighted by molar-refractivity contribution is 7.11. The van der Waals surface area contributed by atoms with Crippen molar-refractivity contribution in [3.63, 3.8) is 0 Å². The monoisotopic (exact) mass is 330 g/mol. The highest BCUT2D eigenvalue weighted by Gasteiger charge is 2.26. The molecule has 4 rings (SSSR count). The first kappa shape index (κ1) is 15.2. The van der Waals surface area contributed by atoms with Gasteiger partial charge in [-0.2, -0.15) is 0 Å². The van der Waals surface area contributed by atoms with Crippen LogP contribution in [0.4, 0.5) is 0 Å². The molecule has 122 valence electrons. The van der Waals surface area contributed by atoms with Crippen LogP contribution in [0.1, 0.15) is 40.4 Å². The van der Waals surface area contributed by atoms with Gasteiger partial charge in [-0.1, -0.05) is 6.07 Å². The second-order valence-electron chi connectivity index (χ2n) is 6.14. The zero-order chi connectivity index (χ0) is 15.5. The summed E-state index contributed by atoms with van der Waals surface area (Å²) in [6.45, 7) is 4.88. The molecule has 1 N–H and O–H groups in total. The van der Waals surface area contributed by atoms with Crippen LogP contribution in [0.3, 0.4) is 0 Å². The largest absolute Gasteiger partial charge is 0.371 e. The van der Waals surface area contributed by atoms with Crippen molar-refractivity contribution in [2.24, 2.45) is 0 Å². The fourth-order valence-corrected chi connectivity index (χ4v) is 4.38. The number of hydrogen-bond donors (Lipinski definition) is 1. The lowest BCUT2D eigenvalue weighted by Crippen LogP contribution is -2.45. The first-order valence-corrected chi connectivity index (χ1v) is 9.13. The van der Waals surface area contributed by atoms with Gasteiger partial charge in [0.2, 0.25) is 0 Å². The number of aromatic nitrogens is 2. The summed E-state index contributed by atoms with van der Waals surface area (Å²) in [7, 11) is 0. The summed E-state index contributed by atoms with van der Waals surface area (Å²) in [6, 6.07) is 4.57. The Balaban J connectivity index is 1.47. The maximum Gasteiger partial charge on any atom is 0.122 e. The lowest BCUT2D eigenvalue weighted by molar-refractivity contribution is 0.111. The summed E-state index contributed by atoms with van der Waals surface area (Å²) in [5, 5.41) is 4.64. The second-order valence-corrected chi connectivity index (χ2v) is 7.29. The molecule has 2 aromatic heterocycles. The van der Waals surface area contributed by atoms with Crippen molar-refractivity contribution in [2.75, 3.05) is 26.2 Å². The highest BCUT2D eigenvalue weighted by atomic mass is 32.1. The van der Waals surface area contributed by atoms with E-state index in [0.717, 1.165) is 50.6 Å². The summed E-state index contributed by atoms with van der Waals surface area (Å²) >= 11 is 1.81. The highest BCUT2D eigenvalue weighted by Crippen LogP contribution is 2.32. The molecule has 2 atom stereocenters. The molecule has 0 aromatic carbocycles. The predicted molar refractivity (Wildman–Crippen MR) is 90.3 cm³/mol. The van der Waals surface area contributed by atoms with Crippen LogP contribution in [-0.4, -0.2) is 41.1 Å². The molecule has 2 fully saturated rings. The Morgan fingerprint density at radius 2 is 2.39 bits per heavy atom. The lowest BCUT2D eigenvalue weighted by Gasteiger charge is -2.36. The van der Waals surface area contributed by atoms with Crippen molar-refractivity contribution in [3.05, 3.63) is 46.2 Å². The summed E-state index contributed by atoms with van der Waals surface area (Å²) in [6.07, 6.45) is 8.34. The van der Waals surface area contributed by atoms with Gasteiger partial charge >= 0.3 is 0 Å². The van der Waals surface area contributed by atoms with Crippen LogP contribution in [0.5, 0.6) is 0 Å². The van der Waals surface area contributed by atoms with Gasteiger partial charge in [-0.15, -0.1) is 11.3 Å². The Bertz CT molecular complexity index is 627. The molecular formula is C17H22N4OS. The number of piperazine rings is 1. The lowest BCUT2D eigenvalue weighted by atomic mass is 10.1. The van der Waals surface area contributed by atoms with Gasteiger partial charge in [-0.3, -0.25) is 9.88 Å². The van der Waals surface area contributed by atoms with Gasteiger partial charge in [0.15, 0.2) is 0 Å². The molecular weight excluding hydrogens is 308 g/mol. The maximum absolute atomic E-state index is 5.75. The summed E-state index contributed by atoms with van der Waals surface area (Å²) < 4.78 is 5.75. The van der Waals surface area contributed by atoms with Crippen LogP contribution < -0.4 is 5.32 Å². The summed E-state index contributed by atoms with van der Waals surface area (Å²) in [5.41, 5.74) is 1.28. The SMILES string of the molecule is c1cncc(C2CNCCN2Cc2cnc(C3CCCO3)s2)c1. The van der Waals surface area contributed by atoms with E-state index in [0.29, 0.717) is 6.04 Å². The standard InChI is InChI=1S/C17H22N4OS/c1-3-13(9-18-5-1)15-11-19-6-7-21(15)12-14-10-20-17(23-14)16-4-2-8-22-16/h1,3,5,9-10,15-16,19H,2,4,6-8,11-12H2. The van der Waals surface area contributed by atoms with Crippen LogP contribution in [0.15, 0.2) is 30.7 Å². The van der Waals surface area contributed by atoms with Gasteiger partial charge in [0.25, 0.3) is 0 Å². The van der Waals surface area contributed by atoms with E-state index in [2.05, 4.69) is 26.3 Å². The van der Waals surface area contributed by atoms with E-state index in [4.69, 9.17) is 4.74 Å². The van der Waals surface area contributed by atoms with Crippen molar-refractivity contribution < 1.29 is 4.74 Å².